The van der Waals surface area contributed by atoms with E-state index < -0.39 is 23.1 Å². The first-order chi connectivity index (χ1) is 9.46. The van der Waals surface area contributed by atoms with E-state index in [0.29, 0.717) is 19.0 Å². The van der Waals surface area contributed by atoms with Crippen molar-refractivity contribution in [3.8, 4) is 0 Å². The highest BCUT2D eigenvalue weighted by molar-refractivity contribution is 5.95. The molecule has 20 heavy (non-hydrogen) atoms. The molecular formula is C15H22F2N2O. The number of nitrogens with two attached hydrogens (primary N) is 1. The van der Waals surface area contributed by atoms with E-state index in [-0.39, 0.29) is 5.69 Å². The number of nitrogens with zero attached hydrogens (tertiary/aromatic N) is 1. The van der Waals surface area contributed by atoms with E-state index in [1.807, 2.05) is 13.8 Å². The molecule has 0 unspecified atom stereocenters. The zero-order valence-corrected chi connectivity index (χ0v) is 12.2. The van der Waals surface area contributed by atoms with Crippen LogP contribution in [-0.2, 0) is 0 Å². The number of carbonyl (C=O) groups excluding carboxylic acids is 1. The van der Waals surface area contributed by atoms with Crippen LogP contribution < -0.4 is 5.73 Å². The molecule has 0 spiro atoms. The first-order valence-corrected chi connectivity index (χ1v) is 6.98. The van der Waals surface area contributed by atoms with Crippen molar-refractivity contribution in [1.29, 1.82) is 0 Å². The SMILES string of the molecule is CCC(CC)CN(CC)C(=O)c1c(F)ccc(N)c1F. The fourth-order valence-electron chi connectivity index (χ4n) is 2.14. The number of amides is 1. The number of nitrogen functional groups attached to an aromatic ring is 1. The van der Waals surface area contributed by atoms with Gasteiger partial charge in [-0.3, -0.25) is 4.79 Å². The van der Waals surface area contributed by atoms with E-state index in [1.165, 1.54) is 4.90 Å². The molecule has 1 rings (SSSR count). The molecule has 0 aromatic heterocycles. The maximum Gasteiger partial charge on any atom is 0.259 e. The fourth-order valence-corrected chi connectivity index (χ4v) is 2.14. The van der Waals surface area contributed by atoms with Crippen LogP contribution >= 0.6 is 0 Å². The molecule has 0 aliphatic heterocycles. The van der Waals surface area contributed by atoms with Gasteiger partial charge >= 0.3 is 0 Å². The summed E-state index contributed by atoms with van der Waals surface area (Å²) in [5.41, 5.74) is 4.64. The lowest BCUT2D eigenvalue weighted by Crippen LogP contribution is -2.36. The molecule has 0 bridgehead atoms. The van der Waals surface area contributed by atoms with Gasteiger partial charge in [0.05, 0.1) is 5.69 Å². The maximum absolute atomic E-state index is 13.9. The molecule has 0 atom stereocenters. The lowest BCUT2D eigenvalue weighted by Gasteiger charge is -2.26. The number of halogens is 2. The van der Waals surface area contributed by atoms with Crippen LogP contribution in [0, 0.1) is 17.6 Å². The number of hydrogen-bond donors (Lipinski definition) is 1. The van der Waals surface area contributed by atoms with E-state index in [0.717, 1.165) is 25.0 Å². The van der Waals surface area contributed by atoms with Crippen molar-refractivity contribution in [2.45, 2.75) is 33.6 Å². The minimum atomic E-state index is -0.974. The summed E-state index contributed by atoms with van der Waals surface area (Å²) in [6, 6.07) is 2.15. The van der Waals surface area contributed by atoms with Gasteiger partial charge in [0.15, 0.2) is 5.82 Å². The van der Waals surface area contributed by atoms with Gasteiger partial charge in [0.1, 0.15) is 11.4 Å². The second-order valence-electron chi connectivity index (χ2n) is 4.85. The molecule has 0 saturated carbocycles. The molecule has 0 aliphatic carbocycles. The minimum Gasteiger partial charge on any atom is -0.396 e. The van der Waals surface area contributed by atoms with Crippen LogP contribution in [0.1, 0.15) is 44.0 Å². The molecule has 1 aromatic carbocycles. The third kappa shape index (κ3) is 3.46. The number of carbonyl (C=O) groups is 1. The molecule has 0 heterocycles. The first kappa shape index (κ1) is 16.4. The van der Waals surface area contributed by atoms with Crippen molar-refractivity contribution in [2.75, 3.05) is 18.8 Å². The van der Waals surface area contributed by atoms with Gasteiger partial charge in [-0.25, -0.2) is 8.78 Å². The summed E-state index contributed by atoms with van der Waals surface area (Å²) in [5, 5.41) is 0. The van der Waals surface area contributed by atoms with Crippen LogP contribution in [0.25, 0.3) is 0 Å². The van der Waals surface area contributed by atoms with Crippen LogP contribution in [0.5, 0.6) is 0 Å². The van der Waals surface area contributed by atoms with Crippen molar-refractivity contribution >= 4 is 11.6 Å². The zero-order valence-electron chi connectivity index (χ0n) is 12.2. The van der Waals surface area contributed by atoms with Gasteiger partial charge in [-0.05, 0) is 25.0 Å². The van der Waals surface area contributed by atoms with E-state index in [2.05, 4.69) is 0 Å². The molecular weight excluding hydrogens is 262 g/mol. The van der Waals surface area contributed by atoms with E-state index in [9.17, 15) is 13.6 Å². The Morgan fingerprint density at radius 1 is 1.25 bits per heavy atom. The molecule has 0 aliphatic rings. The third-order valence-electron chi connectivity index (χ3n) is 3.64. The highest BCUT2D eigenvalue weighted by Crippen LogP contribution is 2.21. The molecule has 3 nitrogen and oxygen atoms in total. The monoisotopic (exact) mass is 284 g/mol. The Morgan fingerprint density at radius 3 is 2.35 bits per heavy atom. The number of anilines is 1. The summed E-state index contributed by atoms with van der Waals surface area (Å²) in [4.78, 5) is 13.8. The van der Waals surface area contributed by atoms with Crippen LogP contribution in [0.15, 0.2) is 12.1 Å². The Hall–Kier alpha value is -1.65. The highest BCUT2D eigenvalue weighted by Gasteiger charge is 2.25. The molecule has 1 aromatic rings. The lowest BCUT2D eigenvalue weighted by molar-refractivity contribution is 0.0725. The van der Waals surface area contributed by atoms with Gasteiger partial charge < -0.3 is 10.6 Å². The van der Waals surface area contributed by atoms with Crippen LogP contribution in [-0.4, -0.2) is 23.9 Å². The van der Waals surface area contributed by atoms with E-state index in [1.54, 1.807) is 6.92 Å². The number of hydrogen-bond acceptors (Lipinski definition) is 2. The Kier molecular flexibility index (Phi) is 5.92. The summed E-state index contributed by atoms with van der Waals surface area (Å²) in [6.07, 6.45) is 1.84. The van der Waals surface area contributed by atoms with Crippen molar-refractivity contribution in [1.82, 2.24) is 4.90 Å². The van der Waals surface area contributed by atoms with Crippen molar-refractivity contribution in [3.63, 3.8) is 0 Å². The normalized spacial score (nSPS) is 10.9. The second-order valence-corrected chi connectivity index (χ2v) is 4.85. The van der Waals surface area contributed by atoms with Gasteiger partial charge in [-0.2, -0.15) is 0 Å². The molecule has 5 heteroatoms. The van der Waals surface area contributed by atoms with Crippen LogP contribution in [0.4, 0.5) is 14.5 Å². The smallest absolute Gasteiger partial charge is 0.259 e. The number of benzene rings is 1. The second kappa shape index (κ2) is 7.22. The molecule has 2 N–H and O–H groups in total. The van der Waals surface area contributed by atoms with Gasteiger partial charge in [-0.15, -0.1) is 0 Å². The van der Waals surface area contributed by atoms with Gasteiger partial charge in [-0.1, -0.05) is 26.7 Å². The maximum atomic E-state index is 13.9. The number of rotatable bonds is 6. The molecule has 1 amide bonds. The predicted octanol–water partition coefficient (Wildman–Crippen LogP) is 3.45. The molecule has 0 fully saturated rings. The summed E-state index contributed by atoms with van der Waals surface area (Å²) in [6.45, 7) is 6.77. The minimum absolute atomic E-state index is 0.215. The standard InChI is InChI=1S/C15H22F2N2O/c1-4-10(5-2)9-19(6-3)15(20)13-11(16)7-8-12(18)14(13)17/h7-8,10H,4-6,9,18H2,1-3H3. The predicted molar refractivity (Wildman–Crippen MR) is 76.4 cm³/mol. The quantitative estimate of drug-likeness (QED) is 0.813. The largest absolute Gasteiger partial charge is 0.396 e. The van der Waals surface area contributed by atoms with E-state index >= 15 is 0 Å². The van der Waals surface area contributed by atoms with Crippen LogP contribution in [0.3, 0.4) is 0 Å². The average molecular weight is 284 g/mol. The first-order valence-electron chi connectivity index (χ1n) is 6.98. The Labute approximate surface area is 118 Å². The molecule has 0 radical (unpaired) electrons. The summed E-state index contributed by atoms with van der Waals surface area (Å²) >= 11 is 0. The van der Waals surface area contributed by atoms with Gasteiger partial charge in [0, 0.05) is 13.1 Å². The van der Waals surface area contributed by atoms with Gasteiger partial charge in [0.2, 0.25) is 0 Å². The van der Waals surface area contributed by atoms with Gasteiger partial charge in [0.25, 0.3) is 5.91 Å². The lowest BCUT2D eigenvalue weighted by atomic mass is 10.0. The Bertz CT molecular complexity index is 473. The van der Waals surface area contributed by atoms with Crippen LogP contribution in [0.2, 0.25) is 0 Å². The van der Waals surface area contributed by atoms with E-state index in [4.69, 9.17) is 5.73 Å². The zero-order chi connectivity index (χ0) is 15.3. The molecule has 0 saturated heterocycles. The average Bonchev–Trinajstić information content (AvgIpc) is 2.44. The summed E-state index contributed by atoms with van der Waals surface area (Å²) in [5.74, 6) is -2.16. The molecule has 112 valence electrons. The van der Waals surface area contributed by atoms with Crippen molar-refractivity contribution in [2.24, 2.45) is 5.92 Å². The third-order valence-corrected chi connectivity index (χ3v) is 3.64. The summed E-state index contributed by atoms with van der Waals surface area (Å²) in [7, 11) is 0. The topological polar surface area (TPSA) is 46.3 Å². The summed E-state index contributed by atoms with van der Waals surface area (Å²) < 4.78 is 27.6. The fraction of sp³-hybridized carbons (Fsp3) is 0.533. The Balaban J connectivity index is 3.06. The highest BCUT2D eigenvalue weighted by atomic mass is 19.1. The Morgan fingerprint density at radius 2 is 1.85 bits per heavy atom. The van der Waals surface area contributed by atoms with Crippen molar-refractivity contribution in [3.05, 3.63) is 29.3 Å². The van der Waals surface area contributed by atoms with Crippen molar-refractivity contribution < 1.29 is 13.6 Å².